The van der Waals surface area contributed by atoms with Gasteiger partial charge in [0.05, 0.1) is 5.75 Å². The van der Waals surface area contributed by atoms with E-state index in [4.69, 9.17) is 0 Å². The Balaban J connectivity index is 2.02. The number of imidazole rings is 1. The number of halogens is 2. The molecule has 0 saturated carbocycles. The van der Waals surface area contributed by atoms with E-state index >= 15 is 0 Å². The minimum atomic E-state index is -2.58. The van der Waals surface area contributed by atoms with E-state index < -0.39 is 6.55 Å². The van der Waals surface area contributed by atoms with Crippen molar-refractivity contribution in [3.8, 4) is 0 Å². The fraction of sp³-hybridized carbons (Fsp3) is 0.600. The van der Waals surface area contributed by atoms with E-state index in [1.54, 1.807) is 4.68 Å². The topological polar surface area (TPSA) is 61.4 Å². The Hall–Kier alpha value is -1.51. The Kier molecular flexibility index (Phi) is 4.46. The quantitative estimate of drug-likeness (QED) is 0.763. The van der Waals surface area contributed by atoms with Crippen molar-refractivity contribution in [2.45, 2.75) is 37.9 Å². The van der Waals surface area contributed by atoms with Crippen LogP contribution in [0.5, 0.6) is 0 Å². The van der Waals surface area contributed by atoms with Gasteiger partial charge in [0.25, 0.3) is 0 Å². The molecule has 19 heavy (non-hydrogen) atoms. The molecule has 0 radical (unpaired) electrons. The number of hydrogen-bond donors (Lipinski definition) is 0. The van der Waals surface area contributed by atoms with Gasteiger partial charge in [0.1, 0.15) is 5.82 Å². The summed E-state index contributed by atoms with van der Waals surface area (Å²) in [6, 6.07) is 0. The molecule has 0 unspecified atom stereocenters. The van der Waals surface area contributed by atoms with Crippen molar-refractivity contribution in [3.05, 3.63) is 18.2 Å². The van der Waals surface area contributed by atoms with Crippen LogP contribution in [0.25, 0.3) is 0 Å². The van der Waals surface area contributed by atoms with Gasteiger partial charge in [0.2, 0.25) is 5.16 Å². The first-order valence-electron chi connectivity index (χ1n) is 5.76. The van der Waals surface area contributed by atoms with E-state index in [0.29, 0.717) is 29.2 Å². The van der Waals surface area contributed by atoms with Crippen molar-refractivity contribution in [1.82, 2.24) is 29.8 Å². The smallest absolute Gasteiger partial charge is 0.277 e. The van der Waals surface area contributed by atoms with Crippen LogP contribution in [-0.4, -0.2) is 29.8 Å². The third-order valence-electron chi connectivity index (χ3n) is 2.33. The van der Waals surface area contributed by atoms with E-state index in [2.05, 4.69) is 34.4 Å². The lowest BCUT2D eigenvalue weighted by Crippen LogP contribution is -2.08. The Labute approximate surface area is 113 Å². The lowest BCUT2D eigenvalue weighted by Gasteiger charge is -2.07. The van der Waals surface area contributed by atoms with Crippen LogP contribution in [0, 0.1) is 5.92 Å². The van der Waals surface area contributed by atoms with Crippen molar-refractivity contribution in [3.63, 3.8) is 0 Å². The molecule has 0 saturated heterocycles. The lowest BCUT2D eigenvalue weighted by molar-refractivity contribution is 0.0678. The molecule has 0 atom stereocenters. The van der Waals surface area contributed by atoms with Crippen LogP contribution in [-0.2, 0) is 12.3 Å². The van der Waals surface area contributed by atoms with Gasteiger partial charge in [-0.05, 0) is 16.3 Å². The van der Waals surface area contributed by atoms with Gasteiger partial charge in [-0.3, -0.25) is 4.57 Å². The van der Waals surface area contributed by atoms with Gasteiger partial charge >= 0.3 is 6.55 Å². The molecule has 2 heterocycles. The normalized spacial score (nSPS) is 11.7. The van der Waals surface area contributed by atoms with Crippen molar-refractivity contribution in [2.75, 3.05) is 0 Å². The molecule has 0 N–H and O–H groups in total. The maximum Gasteiger partial charge on any atom is 0.319 e. The van der Waals surface area contributed by atoms with Crippen LogP contribution in [0.2, 0.25) is 0 Å². The van der Waals surface area contributed by atoms with E-state index in [1.807, 2.05) is 0 Å². The molecule has 9 heteroatoms. The summed E-state index contributed by atoms with van der Waals surface area (Å²) in [6.07, 6.45) is 2.62. The minimum absolute atomic E-state index is 0.301. The summed E-state index contributed by atoms with van der Waals surface area (Å²) >= 11 is 1.30. The molecule has 0 amide bonds. The Morgan fingerprint density at radius 2 is 2.16 bits per heavy atom. The molecule has 0 spiro atoms. The second-order valence-corrected chi connectivity index (χ2v) is 5.30. The molecule has 2 aromatic rings. The highest BCUT2D eigenvalue weighted by molar-refractivity contribution is 7.98. The SMILES string of the molecule is CC(C)Cn1nnnc1SCc1nccn1C(F)F. The maximum absolute atomic E-state index is 12.6. The molecule has 0 aliphatic heterocycles. The lowest BCUT2D eigenvalue weighted by atomic mass is 10.2. The fourth-order valence-corrected chi connectivity index (χ4v) is 2.36. The second-order valence-electron chi connectivity index (χ2n) is 4.35. The van der Waals surface area contributed by atoms with Gasteiger partial charge in [0.15, 0.2) is 0 Å². The van der Waals surface area contributed by atoms with Crippen LogP contribution < -0.4 is 0 Å². The Morgan fingerprint density at radius 1 is 1.37 bits per heavy atom. The number of alkyl halides is 2. The van der Waals surface area contributed by atoms with Gasteiger partial charge < -0.3 is 0 Å². The number of nitrogens with zero attached hydrogens (tertiary/aromatic N) is 6. The van der Waals surface area contributed by atoms with Crippen molar-refractivity contribution >= 4 is 11.8 Å². The summed E-state index contributed by atoms with van der Waals surface area (Å²) in [4.78, 5) is 3.91. The molecule has 2 aromatic heterocycles. The average molecular weight is 288 g/mol. The van der Waals surface area contributed by atoms with Gasteiger partial charge in [0, 0.05) is 18.9 Å². The van der Waals surface area contributed by atoms with Crippen molar-refractivity contribution in [1.29, 1.82) is 0 Å². The Morgan fingerprint density at radius 3 is 2.84 bits per heavy atom. The largest absolute Gasteiger partial charge is 0.319 e. The van der Waals surface area contributed by atoms with Gasteiger partial charge in [-0.2, -0.15) is 8.78 Å². The number of hydrogen-bond acceptors (Lipinski definition) is 5. The van der Waals surface area contributed by atoms with Crippen LogP contribution in [0.3, 0.4) is 0 Å². The molecule has 0 aliphatic rings. The Bertz CT molecular complexity index is 524. The van der Waals surface area contributed by atoms with Crippen LogP contribution >= 0.6 is 11.8 Å². The maximum atomic E-state index is 12.6. The first kappa shape index (κ1) is 13.9. The summed E-state index contributed by atoms with van der Waals surface area (Å²) in [5.74, 6) is 1.01. The molecular formula is C10H14F2N6S. The van der Waals surface area contributed by atoms with Crippen LogP contribution in [0.1, 0.15) is 26.2 Å². The highest BCUT2D eigenvalue weighted by atomic mass is 32.2. The standard InChI is InChI=1S/C10H14F2N6S/c1-7(2)5-18-10(14-15-16-18)19-6-8-13-3-4-17(8)9(11)12/h3-4,7,9H,5-6H2,1-2H3. The zero-order valence-corrected chi connectivity index (χ0v) is 11.4. The summed E-state index contributed by atoms with van der Waals surface area (Å²) in [5.41, 5.74) is 0. The highest BCUT2D eigenvalue weighted by Crippen LogP contribution is 2.22. The molecule has 0 aliphatic carbocycles. The first-order chi connectivity index (χ1) is 9.08. The third kappa shape index (κ3) is 3.49. The number of thioether (sulfide) groups is 1. The number of tetrazole rings is 1. The van der Waals surface area contributed by atoms with E-state index in [-0.39, 0.29) is 0 Å². The van der Waals surface area contributed by atoms with Crippen molar-refractivity contribution in [2.24, 2.45) is 5.92 Å². The van der Waals surface area contributed by atoms with E-state index in [9.17, 15) is 8.78 Å². The minimum Gasteiger partial charge on any atom is -0.277 e. The monoisotopic (exact) mass is 288 g/mol. The van der Waals surface area contributed by atoms with Gasteiger partial charge in [-0.1, -0.05) is 25.6 Å². The first-order valence-corrected chi connectivity index (χ1v) is 6.75. The summed E-state index contributed by atoms with van der Waals surface area (Å²) in [6.45, 7) is 2.22. The molecule has 0 aromatic carbocycles. The van der Waals surface area contributed by atoms with Crippen molar-refractivity contribution < 1.29 is 8.78 Å². The molecular weight excluding hydrogens is 274 g/mol. The molecule has 0 bridgehead atoms. The zero-order valence-electron chi connectivity index (χ0n) is 10.6. The van der Waals surface area contributed by atoms with Gasteiger partial charge in [-0.25, -0.2) is 9.67 Å². The zero-order chi connectivity index (χ0) is 13.8. The number of aromatic nitrogens is 6. The fourth-order valence-electron chi connectivity index (χ4n) is 1.52. The molecule has 2 rings (SSSR count). The van der Waals surface area contributed by atoms with E-state index in [1.165, 1.54) is 24.2 Å². The molecule has 104 valence electrons. The second kappa shape index (κ2) is 6.09. The average Bonchev–Trinajstić information content (AvgIpc) is 2.94. The predicted octanol–water partition coefficient (Wildman–Crippen LogP) is 2.21. The number of rotatable bonds is 6. The van der Waals surface area contributed by atoms with Crippen LogP contribution in [0.4, 0.5) is 8.78 Å². The molecule has 6 nitrogen and oxygen atoms in total. The summed E-state index contributed by atoms with van der Waals surface area (Å²) in [7, 11) is 0. The van der Waals surface area contributed by atoms with Crippen LogP contribution in [0.15, 0.2) is 17.6 Å². The van der Waals surface area contributed by atoms with E-state index in [0.717, 1.165) is 4.57 Å². The third-order valence-corrected chi connectivity index (χ3v) is 3.28. The highest BCUT2D eigenvalue weighted by Gasteiger charge is 2.14. The predicted molar refractivity (Wildman–Crippen MR) is 65.7 cm³/mol. The van der Waals surface area contributed by atoms with Gasteiger partial charge in [-0.15, -0.1) is 5.10 Å². The summed E-state index contributed by atoms with van der Waals surface area (Å²) < 4.78 is 27.8. The molecule has 0 fully saturated rings. The summed E-state index contributed by atoms with van der Waals surface area (Å²) in [5, 5.41) is 12.0.